The van der Waals surface area contributed by atoms with Crippen molar-refractivity contribution in [1.29, 1.82) is 0 Å². The number of rotatable bonds is 3. The van der Waals surface area contributed by atoms with E-state index in [2.05, 4.69) is 0 Å². The van der Waals surface area contributed by atoms with E-state index in [0.29, 0.717) is 26.5 Å². The fourth-order valence-corrected chi connectivity index (χ4v) is 10.5. The number of nitrogens with zero attached hydrogens (tertiary/aromatic N) is 1. The molecule has 3 aromatic rings. The average molecular weight is 617 g/mol. The van der Waals surface area contributed by atoms with Gasteiger partial charge >= 0.3 is 17.8 Å². The molecule has 2 aromatic carbocycles. The fourth-order valence-electron chi connectivity index (χ4n) is 6.95. The van der Waals surface area contributed by atoms with Gasteiger partial charge in [-0.2, -0.15) is 26.3 Å². The molecule has 42 heavy (non-hydrogen) atoms. The number of aromatic nitrogens is 1. The minimum atomic E-state index is -5.60. The molecule has 216 valence electrons. The Bertz CT molecular complexity index is 1700. The van der Waals surface area contributed by atoms with E-state index < -0.39 is 50.2 Å². The Morgan fingerprint density at radius 3 is 1.83 bits per heavy atom. The quantitative estimate of drug-likeness (QED) is 0.182. The summed E-state index contributed by atoms with van der Waals surface area (Å²) in [4.78, 5) is 1.09. The first-order valence-corrected chi connectivity index (χ1v) is 14.9. The van der Waals surface area contributed by atoms with Crippen molar-refractivity contribution in [3.63, 3.8) is 0 Å². The van der Waals surface area contributed by atoms with E-state index in [0.717, 1.165) is 0 Å². The van der Waals surface area contributed by atoms with Crippen molar-refractivity contribution in [3.8, 4) is 5.75 Å². The van der Waals surface area contributed by atoms with Crippen molar-refractivity contribution in [1.82, 2.24) is 0 Å². The summed E-state index contributed by atoms with van der Waals surface area (Å²) < 4.78 is 93.1. The van der Waals surface area contributed by atoms with Crippen LogP contribution in [0.1, 0.15) is 23.6 Å². The average Bonchev–Trinajstić information content (AvgIpc) is 3.56. The molecule has 0 saturated carbocycles. The van der Waals surface area contributed by atoms with Crippen molar-refractivity contribution in [2.75, 3.05) is 0 Å². The number of thioether (sulfide) groups is 2. The van der Waals surface area contributed by atoms with E-state index in [1.165, 1.54) is 47.8 Å². The Morgan fingerprint density at radius 1 is 0.690 bits per heavy atom. The zero-order valence-corrected chi connectivity index (χ0v) is 23.9. The summed E-state index contributed by atoms with van der Waals surface area (Å²) in [5.74, 6) is -18.7. The Balaban J connectivity index is 1.56. The van der Waals surface area contributed by atoms with E-state index in [4.69, 9.17) is 0 Å². The van der Waals surface area contributed by atoms with Crippen LogP contribution in [0.15, 0.2) is 102 Å². The molecular formula is C32H24F6NOS2+. The highest BCUT2D eigenvalue weighted by atomic mass is 32.2. The number of phenolic OH excluding ortho intramolecular Hbond substituents is 1. The lowest BCUT2D eigenvalue weighted by Gasteiger charge is -2.54. The van der Waals surface area contributed by atoms with Gasteiger partial charge in [0.05, 0.1) is 4.75 Å². The number of alkyl halides is 6. The molecular weight excluding hydrogens is 592 g/mol. The maximum atomic E-state index is 15.9. The molecule has 2 nitrogen and oxygen atoms in total. The number of pyridine rings is 1. The molecule has 4 unspecified atom stereocenters. The van der Waals surface area contributed by atoms with Crippen LogP contribution < -0.4 is 4.57 Å². The third kappa shape index (κ3) is 3.31. The number of phenols is 1. The van der Waals surface area contributed by atoms with Gasteiger partial charge in [-0.15, -0.1) is 23.5 Å². The Morgan fingerprint density at radius 2 is 1.21 bits per heavy atom. The molecule has 0 spiro atoms. The highest BCUT2D eigenvalue weighted by molar-refractivity contribution is 8.13. The maximum absolute atomic E-state index is 15.9. The van der Waals surface area contributed by atoms with Crippen molar-refractivity contribution >= 4 is 33.3 Å². The zero-order valence-electron chi connectivity index (χ0n) is 22.3. The zero-order chi connectivity index (χ0) is 29.9. The summed E-state index contributed by atoms with van der Waals surface area (Å²) >= 11 is 2.50. The summed E-state index contributed by atoms with van der Waals surface area (Å²) in [5.41, 5.74) is -0.568. The summed E-state index contributed by atoms with van der Waals surface area (Å²) in [7, 11) is 1.82. The number of fused-ring (bicyclic) bond motifs is 5. The van der Waals surface area contributed by atoms with Crippen LogP contribution in [0.4, 0.5) is 26.3 Å². The maximum Gasteiger partial charge on any atom is 0.380 e. The van der Waals surface area contributed by atoms with Crippen LogP contribution in [-0.2, 0) is 11.8 Å². The molecule has 1 N–H and O–H groups in total. The molecule has 0 fully saturated rings. The normalized spacial score (nSPS) is 31.7. The van der Waals surface area contributed by atoms with Gasteiger partial charge in [0.25, 0.3) is 0 Å². The van der Waals surface area contributed by atoms with Gasteiger partial charge in [0, 0.05) is 49.7 Å². The highest BCUT2D eigenvalue weighted by Gasteiger charge is 2.85. The van der Waals surface area contributed by atoms with Crippen LogP contribution in [0.2, 0.25) is 0 Å². The molecule has 7 rings (SSSR count). The van der Waals surface area contributed by atoms with E-state index in [1.807, 2.05) is 7.05 Å². The molecule has 3 heterocycles. The van der Waals surface area contributed by atoms with Crippen LogP contribution >= 0.6 is 23.5 Å². The van der Waals surface area contributed by atoms with Gasteiger partial charge in [-0.25, -0.2) is 4.57 Å². The second-order valence-corrected chi connectivity index (χ2v) is 14.1. The Hall–Kier alpha value is -3.11. The van der Waals surface area contributed by atoms with E-state index in [9.17, 15) is 5.11 Å². The lowest BCUT2D eigenvalue weighted by atomic mass is 9.60. The predicted molar refractivity (Wildman–Crippen MR) is 152 cm³/mol. The molecule has 1 aromatic heterocycles. The van der Waals surface area contributed by atoms with Gasteiger partial charge in [0.15, 0.2) is 12.4 Å². The highest BCUT2D eigenvalue weighted by Crippen LogP contribution is 2.79. The lowest BCUT2D eigenvalue weighted by molar-refractivity contribution is -0.671. The van der Waals surface area contributed by atoms with Crippen LogP contribution in [0.3, 0.4) is 0 Å². The van der Waals surface area contributed by atoms with Crippen LogP contribution in [0.5, 0.6) is 5.75 Å². The van der Waals surface area contributed by atoms with Gasteiger partial charge in [-0.3, -0.25) is 0 Å². The van der Waals surface area contributed by atoms with Gasteiger partial charge in [-0.05, 0) is 35.7 Å². The summed E-state index contributed by atoms with van der Waals surface area (Å²) in [6.45, 7) is 1.72. The summed E-state index contributed by atoms with van der Waals surface area (Å²) in [6.07, 6.45) is 6.48. The van der Waals surface area contributed by atoms with Gasteiger partial charge in [-0.1, -0.05) is 54.6 Å². The molecule has 4 aliphatic rings. The minimum Gasteiger partial charge on any atom is -0.508 e. The lowest BCUT2D eigenvalue weighted by Crippen LogP contribution is -2.56. The number of allylic oxidation sites excluding steroid dienone is 4. The molecule has 0 bridgehead atoms. The van der Waals surface area contributed by atoms with E-state index >= 15 is 26.3 Å². The first-order valence-electron chi connectivity index (χ1n) is 13.3. The number of halogens is 6. The molecule has 2 aliphatic heterocycles. The Labute approximate surface area is 246 Å². The number of hydrogen-bond acceptors (Lipinski definition) is 3. The smallest absolute Gasteiger partial charge is 0.380 e. The SMILES string of the molecule is C[n+]1ccc(C2=CC3C4=C(C5C=C(c6ccccc6)SC5(C)C3(c3ccc(O)cc3)S2)C(F)(F)C(F)(F)C4(F)F)cc1. The van der Waals surface area contributed by atoms with Gasteiger partial charge in [0.1, 0.15) is 12.8 Å². The van der Waals surface area contributed by atoms with Gasteiger partial charge in [0.2, 0.25) is 0 Å². The fraction of sp³-hybridized carbons (Fsp3) is 0.281. The van der Waals surface area contributed by atoms with Crippen molar-refractivity contribution in [3.05, 3.63) is 119 Å². The van der Waals surface area contributed by atoms with Crippen LogP contribution in [0.25, 0.3) is 9.81 Å². The first-order chi connectivity index (χ1) is 19.8. The number of benzene rings is 2. The number of hydrogen-bond donors (Lipinski definition) is 1. The Kier molecular flexibility index (Phi) is 5.75. The predicted octanol–water partition coefficient (Wildman–Crippen LogP) is 8.21. The monoisotopic (exact) mass is 616 g/mol. The second kappa shape index (κ2) is 8.72. The third-order valence-corrected chi connectivity index (χ3v) is 12.5. The van der Waals surface area contributed by atoms with Crippen molar-refractivity contribution in [2.24, 2.45) is 18.9 Å². The standard InChI is InChI=1S/C32H23F6NOS2/c1-28-22(16-24(41-28)18-6-4-3-5-7-18)26-27(31(35,36)32(37,38)30(26,33)34)23-17-25(19-12-14-39(2)15-13-19)42-29(23,28)20-8-10-21(40)11-9-20/h3-17,22-23H,1-2H3/p+1. The summed E-state index contributed by atoms with van der Waals surface area (Å²) in [5, 5.41) is 10.1. The molecule has 4 atom stereocenters. The van der Waals surface area contributed by atoms with Crippen molar-refractivity contribution in [2.45, 2.75) is 34.2 Å². The number of aryl methyl sites for hydroxylation is 1. The molecule has 0 amide bonds. The van der Waals surface area contributed by atoms with Crippen molar-refractivity contribution < 1.29 is 36.0 Å². The largest absolute Gasteiger partial charge is 0.508 e. The first kappa shape index (κ1) is 27.7. The molecule has 0 radical (unpaired) electrons. The van der Waals surface area contributed by atoms with E-state index in [1.54, 1.807) is 78.5 Å². The van der Waals surface area contributed by atoms with Crippen LogP contribution in [0, 0.1) is 11.8 Å². The number of aromatic hydroxyl groups is 1. The van der Waals surface area contributed by atoms with E-state index in [-0.39, 0.29) is 5.75 Å². The topological polar surface area (TPSA) is 24.1 Å². The molecule has 2 aliphatic carbocycles. The minimum absolute atomic E-state index is 0.0673. The second-order valence-electron chi connectivity index (χ2n) is 11.3. The molecule has 0 saturated heterocycles. The summed E-state index contributed by atoms with van der Waals surface area (Å²) in [6, 6.07) is 18.4. The third-order valence-electron chi connectivity index (χ3n) is 8.99. The van der Waals surface area contributed by atoms with Gasteiger partial charge < -0.3 is 5.11 Å². The molecule has 10 heteroatoms. The van der Waals surface area contributed by atoms with Crippen LogP contribution in [-0.4, -0.2) is 27.6 Å².